The molecule has 21 heavy (non-hydrogen) atoms. The molecule has 0 saturated carbocycles. The number of ether oxygens (including phenoxy) is 1. The SMILES string of the molecule is Cc1ccc(C2C3(CC(O)CO3)CC(C)[N+]2(C)C)cc1C. The van der Waals surface area contributed by atoms with Gasteiger partial charge in [-0.3, -0.25) is 0 Å². The number of aliphatic hydroxyl groups excluding tert-OH is 1. The van der Waals surface area contributed by atoms with Crippen molar-refractivity contribution in [2.75, 3.05) is 20.7 Å². The van der Waals surface area contributed by atoms with Gasteiger partial charge >= 0.3 is 0 Å². The number of quaternary nitrogens is 1. The summed E-state index contributed by atoms with van der Waals surface area (Å²) in [5.41, 5.74) is 3.81. The van der Waals surface area contributed by atoms with E-state index in [9.17, 15) is 5.11 Å². The number of hydrogen-bond acceptors (Lipinski definition) is 2. The number of hydrogen-bond donors (Lipinski definition) is 1. The summed E-state index contributed by atoms with van der Waals surface area (Å²) in [5.74, 6) is 0. The first kappa shape index (κ1) is 15.0. The Balaban J connectivity index is 2.08. The lowest BCUT2D eigenvalue weighted by atomic mass is 9.84. The topological polar surface area (TPSA) is 29.5 Å². The summed E-state index contributed by atoms with van der Waals surface area (Å²) in [6.07, 6.45) is 1.47. The molecule has 3 heteroatoms. The highest BCUT2D eigenvalue weighted by Crippen LogP contribution is 2.53. The number of aryl methyl sites for hydroxylation is 2. The molecule has 0 radical (unpaired) electrons. The highest BCUT2D eigenvalue weighted by molar-refractivity contribution is 5.33. The molecule has 1 N–H and O–H groups in total. The van der Waals surface area contributed by atoms with Gasteiger partial charge in [-0.2, -0.15) is 0 Å². The van der Waals surface area contributed by atoms with E-state index in [4.69, 9.17) is 4.74 Å². The van der Waals surface area contributed by atoms with E-state index < -0.39 is 0 Å². The van der Waals surface area contributed by atoms with Crippen LogP contribution < -0.4 is 0 Å². The van der Waals surface area contributed by atoms with Gasteiger partial charge in [-0.1, -0.05) is 12.1 Å². The maximum atomic E-state index is 10.0. The van der Waals surface area contributed by atoms with E-state index in [-0.39, 0.29) is 11.7 Å². The number of benzene rings is 1. The average Bonchev–Trinajstić information content (AvgIpc) is 2.83. The van der Waals surface area contributed by atoms with Gasteiger partial charge in [0.05, 0.1) is 32.8 Å². The lowest BCUT2D eigenvalue weighted by Crippen LogP contribution is -2.48. The highest BCUT2D eigenvalue weighted by atomic mass is 16.5. The van der Waals surface area contributed by atoms with Crippen LogP contribution in [0.4, 0.5) is 0 Å². The van der Waals surface area contributed by atoms with E-state index in [0.717, 1.165) is 17.3 Å². The summed E-state index contributed by atoms with van der Waals surface area (Å²) in [4.78, 5) is 0. The fraction of sp³-hybridized carbons (Fsp3) is 0.667. The first-order valence-corrected chi connectivity index (χ1v) is 7.99. The molecule has 0 aromatic heterocycles. The molecule has 3 rings (SSSR count). The molecule has 1 aromatic rings. The summed E-state index contributed by atoms with van der Waals surface area (Å²) >= 11 is 0. The Morgan fingerprint density at radius 1 is 1.19 bits per heavy atom. The van der Waals surface area contributed by atoms with Crippen LogP contribution in [-0.2, 0) is 4.74 Å². The van der Waals surface area contributed by atoms with E-state index in [0.29, 0.717) is 18.7 Å². The monoisotopic (exact) mass is 290 g/mol. The predicted octanol–water partition coefficient (Wildman–Crippen LogP) is 2.73. The first-order valence-electron chi connectivity index (χ1n) is 7.99. The van der Waals surface area contributed by atoms with Crippen LogP contribution in [0.2, 0.25) is 0 Å². The Morgan fingerprint density at radius 2 is 1.90 bits per heavy atom. The Kier molecular flexibility index (Phi) is 3.43. The molecule has 2 aliphatic heterocycles. The maximum Gasteiger partial charge on any atom is 0.144 e. The summed E-state index contributed by atoms with van der Waals surface area (Å²) < 4.78 is 7.12. The van der Waals surface area contributed by atoms with E-state index in [1.54, 1.807) is 0 Å². The molecule has 4 unspecified atom stereocenters. The van der Waals surface area contributed by atoms with Gasteiger partial charge in [0, 0.05) is 18.4 Å². The third-order valence-electron chi connectivity index (χ3n) is 5.93. The third kappa shape index (κ3) is 2.23. The number of nitrogens with zero attached hydrogens (tertiary/aromatic N) is 1. The minimum atomic E-state index is -0.315. The zero-order valence-corrected chi connectivity index (χ0v) is 13.9. The normalized spacial score (nSPS) is 38.3. The Bertz CT molecular complexity index is 554. The summed E-state index contributed by atoms with van der Waals surface area (Å²) in [6, 6.07) is 7.60. The molecule has 0 bridgehead atoms. The molecule has 0 aliphatic carbocycles. The summed E-state index contributed by atoms with van der Waals surface area (Å²) in [6.45, 7) is 7.11. The Morgan fingerprint density at radius 3 is 2.48 bits per heavy atom. The highest BCUT2D eigenvalue weighted by Gasteiger charge is 2.62. The zero-order valence-electron chi connectivity index (χ0n) is 13.9. The zero-order chi connectivity index (χ0) is 15.4. The van der Waals surface area contributed by atoms with E-state index in [1.165, 1.54) is 16.7 Å². The van der Waals surface area contributed by atoms with E-state index in [2.05, 4.69) is 53.1 Å². The second kappa shape index (κ2) is 4.80. The summed E-state index contributed by atoms with van der Waals surface area (Å²) in [5, 5.41) is 10.0. The molecule has 4 atom stereocenters. The van der Waals surface area contributed by atoms with Crippen molar-refractivity contribution in [3.05, 3.63) is 34.9 Å². The Hall–Kier alpha value is -0.900. The van der Waals surface area contributed by atoms with Crippen molar-refractivity contribution in [3.63, 3.8) is 0 Å². The smallest absolute Gasteiger partial charge is 0.144 e. The number of rotatable bonds is 1. The molecule has 1 aromatic carbocycles. The van der Waals surface area contributed by atoms with Crippen LogP contribution in [-0.4, -0.2) is 48.0 Å². The van der Waals surface area contributed by atoms with E-state index in [1.807, 2.05) is 0 Å². The van der Waals surface area contributed by atoms with Crippen LogP contribution in [0.1, 0.15) is 42.5 Å². The lowest BCUT2D eigenvalue weighted by molar-refractivity contribution is -0.932. The third-order valence-corrected chi connectivity index (χ3v) is 5.93. The minimum Gasteiger partial charge on any atom is -0.391 e. The van der Waals surface area contributed by atoms with Crippen LogP contribution in [0.15, 0.2) is 18.2 Å². The maximum absolute atomic E-state index is 10.0. The molecule has 0 amide bonds. The quantitative estimate of drug-likeness (QED) is 0.806. The summed E-state index contributed by atoms with van der Waals surface area (Å²) in [7, 11) is 4.60. The number of aliphatic hydroxyl groups is 1. The van der Waals surface area contributed by atoms with Crippen LogP contribution in [0.3, 0.4) is 0 Å². The van der Waals surface area contributed by atoms with Gasteiger partial charge < -0.3 is 14.3 Å². The largest absolute Gasteiger partial charge is 0.391 e. The van der Waals surface area contributed by atoms with Crippen LogP contribution in [0, 0.1) is 13.8 Å². The average molecular weight is 290 g/mol. The van der Waals surface area contributed by atoms with Gasteiger partial charge in [0.25, 0.3) is 0 Å². The molecule has 2 aliphatic rings. The molecular formula is C18H28NO2+. The first-order chi connectivity index (χ1) is 9.76. The second-order valence-corrected chi connectivity index (χ2v) is 7.66. The van der Waals surface area contributed by atoms with E-state index >= 15 is 0 Å². The standard InChI is InChI=1S/C18H28NO2/c1-12-6-7-15(8-13(12)2)17-18(10-16(20)11-21-18)9-14(3)19(17,4)5/h6-8,14,16-17,20H,9-11H2,1-5H3/q+1. The van der Waals surface area contributed by atoms with Crippen molar-refractivity contribution in [1.29, 1.82) is 0 Å². The van der Waals surface area contributed by atoms with Crippen molar-refractivity contribution >= 4 is 0 Å². The minimum absolute atomic E-state index is 0.204. The van der Waals surface area contributed by atoms with Gasteiger partial charge in [0.2, 0.25) is 0 Å². The predicted molar refractivity (Wildman–Crippen MR) is 84.2 cm³/mol. The van der Waals surface area contributed by atoms with Gasteiger partial charge in [-0.25, -0.2) is 0 Å². The number of likely N-dealkylation sites (N-methyl/N-ethyl adjacent to an activating group) is 1. The fourth-order valence-corrected chi connectivity index (χ4v) is 4.44. The molecule has 2 saturated heterocycles. The van der Waals surface area contributed by atoms with Crippen LogP contribution in [0.25, 0.3) is 0 Å². The van der Waals surface area contributed by atoms with Crippen molar-refractivity contribution in [3.8, 4) is 0 Å². The van der Waals surface area contributed by atoms with Crippen molar-refractivity contribution in [2.45, 2.75) is 57.4 Å². The van der Waals surface area contributed by atoms with Gasteiger partial charge in [-0.15, -0.1) is 0 Å². The van der Waals surface area contributed by atoms with Crippen molar-refractivity contribution in [1.82, 2.24) is 0 Å². The van der Waals surface area contributed by atoms with Gasteiger partial charge in [-0.05, 0) is 38.0 Å². The van der Waals surface area contributed by atoms with Gasteiger partial charge in [0.1, 0.15) is 11.6 Å². The lowest BCUT2D eigenvalue weighted by Gasteiger charge is -2.40. The molecule has 2 heterocycles. The molecule has 116 valence electrons. The molecule has 2 fully saturated rings. The Labute approximate surface area is 128 Å². The molecular weight excluding hydrogens is 262 g/mol. The van der Waals surface area contributed by atoms with Crippen LogP contribution in [0.5, 0.6) is 0 Å². The second-order valence-electron chi connectivity index (χ2n) is 7.66. The van der Waals surface area contributed by atoms with Crippen molar-refractivity contribution in [2.24, 2.45) is 0 Å². The molecule has 3 nitrogen and oxygen atoms in total. The molecule has 1 spiro atoms. The number of likely N-dealkylation sites (tertiary alicyclic amines) is 1. The van der Waals surface area contributed by atoms with Gasteiger partial charge in [0.15, 0.2) is 0 Å². The van der Waals surface area contributed by atoms with Crippen LogP contribution >= 0.6 is 0 Å². The fourth-order valence-electron chi connectivity index (χ4n) is 4.44. The van der Waals surface area contributed by atoms with Crippen molar-refractivity contribution < 1.29 is 14.3 Å².